The van der Waals surface area contributed by atoms with Crippen molar-refractivity contribution in [2.75, 3.05) is 26.0 Å². The van der Waals surface area contributed by atoms with Crippen LogP contribution in [-0.4, -0.2) is 46.5 Å². The van der Waals surface area contributed by atoms with Crippen molar-refractivity contribution >= 4 is 10.0 Å². The van der Waals surface area contributed by atoms with Gasteiger partial charge in [0.2, 0.25) is 10.0 Å². The van der Waals surface area contributed by atoms with Crippen molar-refractivity contribution in [1.82, 2.24) is 10.0 Å². The molecular formula is C10H22N2O3S. The Labute approximate surface area is 98.0 Å². The fourth-order valence-electron chi connectivity index (χ4n) is 1.87. The van der Waals surface area contributed by atoms with Gasteiger partial charge in [0.05, 0.1) is 5.75 Å². The zero-order valence-corrected chi connectivity index (χ0v) is 10.8. The van der Waals surface area contributed by atoms with Gasteiger partial charge in [-0.1, -0.05) is 0 Å². The fourth-order valence-corrected chi connectivity index (χ4v) is 3.51. The van der Waals surface area contributed by atoms with Crippen LogP contribution in [0.2, 0.25) is 0 Å². The van der Waals surface area contributed by atoms with Gasteiger partial charge in [0, 0.05) is 25.8 Å². The molecule has 1 aliphatic rings. The number of rotatable bonds is 7. The minimum absolute atomic E-state index is 0.0636. The number of ether oxygens (including phenoxy) is 1. The lowest BCUT2D eigenvalue weighted by molar-refractivity contribution is 0.188. The van der Waals surface area contributed by atoms with Crippen LogP contribution >= 0.6 is 0 Å². The van der Waals surface area contributed by atoms with Crippen LogP contribution in [0.15, 0.2) is 0 Å². The van der Waals surface area contributed by atoms with E-state index in [4.69, 9.17) is 4.74 Å². The summed E-state index contributed by atoms with van der Waals surface area (Å²) in [6.07, 6.45) is 2.72. The SMILES string of the molecule is COCCC(C)NS(=O)(=O)CC1CCCN1. The molecule has 1 aliphatic heterocycles. The molecule has 96 valence electrons. The molecule has 0 amide bonds. The lowest BCUT2D eigenvalue weighted by Gasteiger charge is -2.16. The zero-order chi connectivity index (χ0) is 12.0. The van der Waals surface area contributed by atoms with Crippen molar-refractivity contribution in [2.45, 2.75) is 38.3 Å². The van der Waals surface area contributed by atoms with Gasteiger partial charge in [-0.15, -0.1) is 0 Å². The van der Waals surface area contributed by atoms with Crippen LogP contribution in [0, 0.1) is 0 Å². The summed E-state index contributed by atoms with van der Waals surface area (Å²) in [6.45, 7) is 3.36. The molecule has 0 aliphatic carbocycles. The molecule has 0 saturated carbocycles. The maximum atomic E-state index is 11.8. The summed E-state index contributed by atoms with van der Waals surface area (Å²) in [5.41, 5.74) is 0. The lowest BCUT2D eigenvalue weighted by atomic mass is 10.3. The Morgan fingerprint density at radius 2 is 2.31 bits per heavy atom. The van der Waals surface area contributed by atoms with E-state index in [1.165, 1.54) is 0 Å². The minimum atomic E-state index is -3.16. The number of hydrogen-bond donors (Lipinski definition) is 2. The van der Waals surface area contributed by atoms with E-state index in [1.807, 2.05) is 6.92 Å². The molecule has 5 nitrogen and oxygen atoms in total. The van der Waals surface area contributed by atoms with E-state index in [9.17, 15) is 8.42 Å². The van der Waals surface area contributed by atoms with Gasteiger partial charge in [0.15, 0.2) is 0 Å². The first-order valence-corrected chi connectivity index (χ1v) is 7.41. The van der Waals surface area contributed by atoms with Crippen LogP contribution in [-0.2, 0) is 14.8 Å². The molecule has 1 heterocycles. The molecule has 2 unspecified atom stereocenters. The quantitative estimate of drug-likeness (QED) is 0.671. The van der Waals surface area contributed by atoms with Gasteiger partial charge < -0.3 is 10.1 Å². The Balaban J connectivity index is 2.32. The molecule has 0 aromatic heterocycles. The van der Waals surface area contributed by atoms with Crippen molar-refractivity contribution in [3.8, 4) is 0 Å². The molecule has 2 N–H and O–H groups in total. The van der Waals surface area contributed by atoms with Gasteiger partial charge >= 0.3 is 0 Å². The standard InChI is InChI=1S/C10H22N2O3S/c1-9(5-7-15-2)12-16(13,14)8-10-4-3-6-11-10/h9-12H,3-8H2,1-2H3. The van der Waals surface area contributed by atoms with E-state index in [0.29, 0.717) is 13.0 Å². The summed E-state index contributed by atoms with van der Waals surface area (Å²) in [4.78, 5) is 0. The Bertz CT molecular complexity index is 286. The number of hydrogen-bond acceptors (Lipinski definition) is 4. The molecule has 6 heteroatoms. The van der Waals surface area contributed by atoms with E-state index in [-0.39, 0.29) is 17.8 Å². The number of nitrogens with one attached hydrogen (secondary N) is 2. The van der Waals surface area contributed by atoms with Crippen molar-refractivity contribution in [1.29, 1.82) is 0 Å². The van der Waals surface area contributed by atoms with Crippen molar-refractivity contribution in [2.24, 2.45) is 0 Å². The Morgan fingerprint density at radius 1 is 1.56 bits per heavy atom. The molecule has 2 atom stereocenters. The second kappa shape index (κ2) is 6.54. The van der Waals surface area contributed by atoms with Crippen LogP contribution in [0.3, 0.4) is 0 Å². The highest BCUT2D eigenvalue weighted by molar-refractivity contribution is 7.89. The predicted molar refractivity (Wildman–Crippen MR) is 63.9 cm³/mol. The zero-order valence-electron chi connectivity index (χ0n) is 10.0. The monoisotopic (exact) mass is 250 g/mol. The van der Waals surface area contributed by atoms with Gasteiger partial charge in [-0.25, -0.2) is 13.1 Å². The van der Waals surface area contributed by atoms with Gasteiger partial charge in [0.1, 0.15) is 0 Å². The highest BCUT2D eigenvalue weighted by Crippen LogP contribution is 2.07. The van der Waals surface area contributed by atoms with E-state index in [1.54, 1.807) is 7.11 Å². The van der Waals surface area contributed by atoms with Gasteiger partial charge in [-0.2, -0.15) is 0 Å². The molecule has 0 radical (unpaired) electrons. The summed E-state index contributed by atoms with van der Waals surface area (Å²) in [7, 11) is -1.55. The summed E-state index contributed by atoms with van der Waals surface area (Å²) in [5.74, 6) is 0.185. The van der Waals surface area contributed by atoms with E-state index in [0.717, 1.165) is 19.4 Å². The second-order valence-electron chi connectivity index (χ2n) is 4.38. The topological polar surface area (TPSA) is 67.4 Å². The lowest BCUT2D eigenvalue weighted by Crippen LogP contribution is -2.40. The summed E-state index contributed by atoms with van der Waals surface area (Å²) in [5, 5.41) is 3.19. The minimum Gasteiger partial charge on any atom is -0.385 e. The van der Waals surface area contributed by atoms with Gasteiger partial charge in [-0.05, 0) is 32.7 Å². The number of methoxy groups -OCH3 is 1. The highest BCUT2D eigenvalue weighted by atomic mass is 32.2. The van der Waals surface area contributed by atoms with Gasteiger partial charge in [0.25, 0.3) is 0 Å². The summed E-state index contributed by atoms with van der Waals surface area (Å²) < 4.78 is 31.1. The van der Waals surface area contributed by atoms with Crippen molar-refractivity contribution < 1.29 is 13.2 Å². The van der Waals surface area contributed by atoms with Crippen molar-refractivity contribution in [3.05, 3.63) is 0 Å². The van der Waals surface area contributed by atoms with Crippen molar-refractivity contribution in [3.63, 3.8) is 0 Å². The van der Waals surface area contributed by atoms with Crippen LogP contribution in [0.25, 0.3) is 0 Å². The third kappa shape index (κ3) is 5.25. The van der Waals surface area contributed by atoms with Crippen LogP contribution < -0.4 is 10.0 Å². The molecule has 0 spiro atoms. The third-order valence-electron chi connectivity index (χ3n) is 2.72. The van der Waals surface area contributed by atoms with E-state index < -0.39 is 10.0 Å². The second-order valence-corrected chi connectivity index (χ2v) is 6.17. The normalized spacial score (nSPS) is 23.5. The molecule has 1 fully saturated rings. The average molecular weight is 250 g/mol. The Morgan fingerprint density at radius 3 is 2.88 bits per heavy atom. The van der Waals surface area contributed by atoms with Crippen LogP contribution in [0.5, 0.6) is 0 Å². The predicted octanol–water partition coefficient (Wildman–Crippen LogP) is 0.0828. The van der Waals surface area contributed by atoms with Crippen LogP contribution in [0.4, 0.5) is 0 Å². The maximum absolute atomic E-state index is 11.8. The maximum Gasteiger partial charge on any atom is 0.213 e. The average Bonchev–Trinajstić information content (AvgIpc) is 2.65. The molecule has 1 saturated heterocycles. The van der Waals surface area contributed by atoms with Gasteiger partial charge in [-0.3, -0.25) is 0 Å². The molecule has 0 bridgehead atoms. The van der Waals surface area contributed by atoms with E-state index in [2.05, 4.69) is 10.0 Å². The first kappa shape index (κ1) is 13.9. The summed E-state index contributed by atoms with van der Waals surface area (Å²) >= 11 is 0. The molecule has 0 aromatic rings. The first-order chi connectivity index (χ1) is 7.53. The summed E-state index contributed by atoms with van der Waals surface area (Å²) in [6, 6.07) is 0.0541. The Hall–Kier alpha value is -0.170. The largest absolute Gasteiger partial charge is 0.385 e. The first-order valence-electron chi connectivity index (χ1n) is 5.76. The molecule has 1 rings (SSSR count). The van der Waals surface area contributed by atoms with Crippen LogP contribution in [0.1, 0.15) is 26.2 Å². The third-order valence-corrected chi connectivity index (χ3v) is 4.32. The molecular weight excluding hydrogens is 228 g/mol. The smallest absolute Gasteiger partial charge is 0.213 e. The van der Waals surface area contributed by atoms with E-state index >= 15 is 0 Å². The highest BCUT2D eigenvalue weighted by Gasteiger charge is 2.22. The fraction of sp³-hybridized carbons (Fsp3) is 1.00. The number of sulfonamides is 1. The molecule has 16 heavy (non-hydrogen) atoms. The molecule has 0 aromatic carbocycles. The Kier molecular flexibility index (Phi) is 5.68.